The lowest BCUT2D eigenvalue weighted by Gasteiger charge is -2.30. The summed E-state index contributed by atoms with van der Waals surface area (Å²) in [5.41, 5.74) is 1.03. The van der Waals surface area contributed by atoms with Crippen LogP contribution >= 0.6 is 0 Å². The third-order valence-corrected chi connectivity index (χ3v) is 3.17. The molecule has 19 heavy (non-hydrogen) atoms. The standard InChI is InChI=1S/C14H18N2O3/c17-11-15-13(10-12-4-2-1-3-5-12)14(18)16-6-8-19-9-7-16/h1-5,11,13H,6-10H2,(H,15,17). The van der Waals surface area contributed by atoms with Gasteiger partial charge in [0.15, 0.2) is 0 Å². The number of benzene rings is 1. The molecule has 1 saturated heterocycles. The molecule has 1 aliphatic rings. The van der Waals surface area contributed by atoms with Crippen molar-refractivity contribution in [2.45, 2.75) is 12.5 Å². The van der Waals surface area contributed by atoms with Gasteiger partial charge in [0, 0.05) is 19.5 Å². The average Bonchev–Trinajstić information content (AvgIpc) is 2.48. The molecule has 0 spiro atoms. The maximum atomic E-state index is 12.3. The van der Waals surface area contributed by atoms with Gasteiger partial charge in [0.1, 0.15) is 6.04 Å². The van der Waals surface area contributed by atoms with E-state index < -0.39 is 6.04 Å². The molecule has 2 rings (SSSR count). The zero-order chi connectivity index (χ0) is 13.5. The molecule has 1 unspecified atom stereocenters. The zero-order valence-corrected chi connectivity index (χ0v) is 10.7. The summed E-state index contributed by atoms with van der Waals surface area (Å²) in [4.78, 5) is 24.8. The van der Waals surface area contributed by atoms with Crippen LogP contribution < -0.4 is 5.32 Å². The first-order chi connectivity index (χ1) is 9.31. The van der Waals surface area contributed by atoms with E-state index >= 15 is 0 Å². The fraction of sp³-hybridized carbons (Fsp3) is 0.429. The molecule has 5 heteroatoms. The van der Waals surface area contributed by atoms with Gasteiger partial charge < -0.3 is 15.0 Å². The highest BCUT2D eigenvalue weighted by molar-refractivity contribution is 5.84. The molecule has 1 heterocycles. The number of carbonyl (C=O) groups is 2. The molecule has 102 valence electrons. The monoisotopic (exact) mass is 262 g/mol. The Labute approximate surface area is 112 Å². The Bertz CT molecular complexity index is 416. The topological polar surface area (TPSA) is 58.6 Å². The van der Waals surface area contributed by atoms with E-state index in [9.17, 15) is 9.59 Å². The lowest BCUT2D eigenvalue weighted by Crippen LogP contribution is -2.51. The second-order valence-corrected chi connectivity index (χ2v) is 4.46. The third kappa shape index (κ3) is 3.79. The number of rotatable bonds is 5. The molecule has 0 aromatic heterocycles. The molecule has 0 aliphatic carbocycles. The summed E-state index contributed by atoms with van der Waals surface area (Å²) in [5.74, 6) is -0.0424. The number of hydrogen-bond acceptors (Lipinski definition) is 3. The molecule has 1 fully saturated rings. The number of nitrogens with one attached hydrogen (secondary N) is 1. The Morgan fingerprint density at radius 2 is 2.00 bits per heavy atom. The predicted octanol–water partition coefficient (Wildman–Crippen LogP) is 0.202. The van der Waals surface area contributed by atoms with Crippen LogP contribution in [0, 0.1) is 0 Å². The Hall–Kier alpha value is -1.88. The van der Waals surface area contributed by atoms with Gasteiger partial charge in [-0.2, -0.15) is 0 Å². The molecule has 1 aliphatic heterocycles. The van der Waals surface area contributed by atoms with E-state index in [1.807, 2.05) is 30.3 Å². The van der Waals surface area contributed by atoms with E-state index in [1.54, 1.807) is 4.90 Å². The average molecular weight is 262 g/mol. The fourth-order valence-corrected chi connectivity index (χ4v) is 2.15. The predicted molar refractivity (Wildman–Crippen MR) is 70.5 cm³/mol. The van der Waals surface area contributed by atoms with Crippen LogP contribution in [0.1, 0.15) is 5.56 Å². The quantitative estimate of drug-likeness (QED) is 0.771. The van der Waals surface area contributed by atoms with Crippen molar-refractivity contribution in [1.29, 1.82) is 0 Å². The van der Waals surface area contributed by atoms with Crippen molar-refractivity contribution in [3.63, 3.8) is 0 Å². The lowest BCUT2D eigenvalue weighted by molar-refractivity contribution is -0.138. The first-order valence-corrected chi connectivity index (χ1v) is 6.41. The SMILES string of the molecule is O=CNC(Cc1ccccc1)C(=O)N1CCOCC1. The van der Waals surface area contributed by atoms with Crippen LogP contribution in [0.2, 0.25) is 0 Å². The molecular formula is C14H18N2O3. The van der Waals surface area contributed by atoms with Crippen LogP contribution in [0.3, 0.4) is 0 Å². The number of amides is 2. The minimum Gasteiger partial charge on any atom is -0.378 e. The third-order valence-electron chi connectivity index (χ3n) is 3.17. The van der Waals surface area contributed by atoms with Crippen LogP contribution in [0.5, 0.6) is 0 Å². The van der Waals surface area contributed by atoms with Gasteiger partial charge in [0.25, 0.3) is 0 Å². The molecule has 0 radical (unpaired) electrons. The van der Waals surface area contributed by atoms with Gasteiger partial charge >= 0.3 is 0 Å². The highest BCUT2D eigenvalue weighted by atomic mass is 16.5. The largest absolute Gasteiger partial charge is 0.378 e. The molecule has 2 amide bonds. The number of hydrogen-bond donors (Lipinski definition) is 1. The van der Waals surface area contributed by atoms with E-state index in [4.69, 9.17) is 4.74 Å². The maximum Gasteiger partial charge on any atom is 0.245 e. The van der Waals surface area contributed by atoms with Gasteiger partial charge in [-0.05, 0) is 5.56 Å². The normalized spacial score (nSPS) is 16.7. The number of ether oxygens (including phenoxy) is 1. The van der Waals surface area contributed by atoms with Crippen molar-refractivity contribution in [1.82, 2.24) is 10.2 Å². The molecule has 1 N–H and O–H groups in total. The van der Waals surface area contributed by atoms with E-state index in [-0.39, 0.29) is 5.91 Å². The van der Waals surface area contributed by atoms with Gasteiger partial charge in [0.2, 0.25) is 12.3 Å². The van der Waals surface area contributed by atoms with Crippen molar-refractivity contribution >= 4 is 12.3 Å². The number of morpholine rings is 1. The molecule has 1 aromatic rings. The minimum atomic E-state index is -0.502. The summed E-state index contributed by atoms with van der Waals surface area (Å²) >= 11 is 0. The van der Waals surface area contributed by atoms with Crippen molar-refractivity contribution in [2.75, 3.05) is 26.3 Å². The Morgan fingerprint density at radius 3 is 2.63 bits per heavy atom. The first-order valence-electron chi connectivity index (χ1n) is 6.41. The molecule has 0 saturated carbocycles. The molecule has 0 bridgehead atoms. The van der Waals surface area contributed by atoms with E-state index in [1.165, 1.54) is 0 Å². The van der Waals surface area contributed by atoms with Gasteiger partial charge in [-0.15, -0.1) is 0 Å². The van der Waals surface area contributed by atoms with Gasteiger partial charge in [-0.1, -0.05) is 30.3 Å². The number of nitrogens with zero attached hydrogens (tertiary/aromatic N) is 1. The van der Waals surface area contributed by atoms with Crippen LogP contribution in [0.4, 0.5) is 0 Å². The first kappa shape index (κ1) is 13.5. The van der Waals surface area contributed by atoms with E-state index in [0.717, 1.165) is 5.56 Å². The van der Waals surface area contributed by atoms with Crippen molar-refractivity contribution in [3.8, 4) is 0 Å². The van der Waals surface area contributed by atoms with Crippen LogP contribution in [0.25, 0.3) is 0 Å². The smallest absolute Gasteiger partial charge is 0.245 e. The molecular weight excluding hydrogens is 244 g/mol. The molecule has 1 atom stereocenters. The van der Waals surface area contributed by atoms with Crippen LogP contribution in [-0.4, -0.2) is 49.6 Å². The minimum absolute atomic E-state index is 0.0424. The fourth-order valence-electron chi connectivity index (χ4n) is 2.15. The highest BCUT2D eigenvalue weighted by Gasteiger charge is 2.25. The van der Waals surface area contributed by atoms with Crippen molar-refractivity contribution < 1.29 is 14.3 Å². The van der Waals surface area contributed by atoms with Gasteiger partial charge in [-0.3, -0.25) is 9.59 Å². The van der Waals surface area contributed by atoms with E-state index in [2.05, 4.69) is 5.32 Å². The van der Waals surface area contributed by atoms with Gasteiger partial charge in [0.05, 0.1) is 13.2 Å². The number of carbonyl (C=O) groups excluding carboxylic acids is 2. The molecule has 1 aromatic carbocycles. The lowest BCUT2D eigenvalue weighted by atomic mass is 10.0. The summed E-state index contributed by atoms with van der Waals surface area (Å²) in [5, 5.41) is 2.62. The maximum absolute atomic E-state index is 12.3. The summed E-state index contributed by atoms with van der Waals surface area (Å²) in [6, 6.07) is 9.17. The summed E-state index contributed by atoms with van der Waals surface area (Å²) in [7, 11) is 0. The Morgan fingerprint density at radius 1 is 1.32 bits per heavy atom. The summed E-state index contributed by atoms with van der Waals surface area (Å²) < 4.78 is 5.22. The van der Waals surface area contributed by atoms with E-state index in [0.29, 0.717) is 39.1 Å². The Balaban J connectivity index is 2.02. The van der Waals surface area contributed by atoms with Crippen molar-refractivity contribution in [2.24, 2.45) is 0 Å². The summed E-state index contributed by atoms with van der Waals surface area (Å²) in [6.45, 7) is 2.30. The van der Waals surface area contributed by atoms with Gasteiger partial charge in [-0.25, -0.2) is 0 Å². The molecule has 5 nitrogen and oxygen atoms in total. The summed E-state index contributed by atoms with van der Waals surface area (Å²) in [6.07, 6.45) is 1.10. The van der Waals surface area contributed by atoms with Crippen LogP contribution in [0.15, 0.2) is 30.3 Å². The highest BCUT2D eigenvalue weighted by Crippen LogP contribution is 2.07. The Kier molecular flexibility index (Phi) is 4.92. The second kappa shape index (κ2) is 6.89. The zero-order valence-electron chi connectivity index (χ0n) is 10.7. The van der Waals surface area contributed by atoms with Crippen molar-refractivity contribution in [3.05, 3.63) is 35.9 Å². The van der Waals surface area contributed by atoms with Crippen LogP contribution in [-0.2, 0) is 20.7 Å². The second-order valence-electron chi connectivity index (χ2n) is 4.46.